The molecular weight excluding hydrogens is 340 g/mol. The number of rotatable bonds is 6. The van der Waals surface area contributed by atoms with Gasteiger partial charge in [-0.05, 0) is 61.7 Å². The highest BCUT2D eigenvalue weighted by Crippen LogP contribution is 2.28. The van der Waals surface area contributed by atoms with Gasteiger partial charge in [0.15, 0.2) is 0 Å². The van der Waals surface area contributed by atoms with Gasteiger partial charge in [0.25, 0.3) is 0 Å². The minimum atomic E-state index is -0.353. The third-order valence-electron chi connectivity index (χ3n) is 4.98. The molecule has 142 valence electrons. The molecule has 1 aliphatic heterocycles. The Labute approximate surface area is 160 Å². The van der Waals surface area contributed by atoms with Crippen LogP contribution < -0.4 is 15.0 Å². The van der Waals surface area contributed by atoms with Crippen molar-refractivity contribution in [1.82, 2.24) is 0 Å². The Morgan fingerprint density at radius 1 is 1.19 bits per heavy atom. The molecule has 1 heterocycles. The molecular formula is C22H26N2O3. The molecule has 0 aromatic heterocycles. The molecule has 1 atom stereocenters. The van der Waals surface area contributed by atoms with Crippen molar-refractivity contribution in [3.63, 3.8) is 0 Å². The Bertz CT molecular complexity index is 830. The van der Waals surface area contributed by atoms with E-state index in [1.807, 2.05) is 56.3 Å². The van der Waals surface area contributed by atoms with E-state index < -0.39 is 0 Å². The van der Waals surface area contributed by atoms with E-state index in [-0.39, 0.29) is 24.2 Å². The molecule has 0 saturated carbocycles. The zero-order valence-electron chi connectivity index (χ0n) is 16.1. The summed E-state index contributed by atoms with van der Waals surface area (Å²) in [5.41, 5.74) is 3.78. The molecule has 3 rings (SSSR count). The molecule has 5 nitrogen and oxygen atoms in total. The molecule has 27 heavy (non-hydrogen) atoms. The second-order valence-electron chi connectivity index (χ2n) is 6.98. The van der Waals surface area contributed by atoms with Crippen molar-refractivity contribution in [2.24, 2.45) is 5.92 Å². The van der Waals surface area contributed by atoms with Crippen molar-refractivity contribution in [2.75, 3.05) is 23.4 Å². The molecule has 2 aromatic carbocycles. The van der Waals surface area contributed by atoms with E-state index in [1.54, 1.807) is 4.90 Å². The molecule has 0 aliphatic carbocycles. The van der Waals surface area contributed by atoms with Gasteiger partial charge < -0.3 is 15.0 Å². The van der Waals surface area contributed by atoms with Crippen LogP contribution in [0.5, 0.6) is 5.75 Å². The van der Waals surface area contributed by atoms with E-state index in [0.717, 1.165) is 34.7 Å². The Kier molecular flexibility index (Phi) is 5.79. The second-order valence-corrected chi connectivity index (χ2v) is 6.98. The van der Waals surface area contributed by atoms with Gasteiger partial charge in [0.05, 0.1) is 12.5 Å². The summed E-state index contributed by atoms with van der Waals surface area (Å²) >= 11 is 0. The average molecular weight is 366 g/mol. The summed E-state index contributed by atoms with van der Waals surface area (Å²) < 4.78 is 5.58. The molecule has 2 aromatic rings. The van der Waals surface area contributed by atoms with Crippen LogP contribution in [-0.4, -0.2) is 25.0 Å². The van der Waals surface area contributed by atoms with Crippen LogP contribution in [0, 0.1) is 19.8 Å². The van der Waals surface area contributed by atoms with E-state index in [0.29, 0.717) is 13.2 Å². The number of carbonyl (C=O) groups excluding carboxylic acids is 2. The average Bonchev–Trinajstić information content (AvgIpc) is 3.06. The maximum Gasteiger partial charge on any atom is 0.229 e. The highest BCUT2D eigenvalue weighted by atomic mass is 16.5. The van der Waals surface area contributed by atoms with Crippen molar-refractivity contribution >= 4 is 23.2 Å². The van der Waals surface area contributed by atoms with Crippen molar-refractivity contribution in [1.29, 1.82) is 0 Å². The summed E-state index contributed by atoms with van der Waals surface area (Å²) in [6, 6.07) is 13.3. The van der Waals surface area contributed by atoms with E-state index in [2.05, 4.69) is 12.2 Å². The van der Waals surface area contributed by atoms with Crippen LogP contribution in [0.15, 0.2) is 42.5 Å². The Morgan fingerprint density at radius 3 is 2.63 bits per heavy atom. The quantitative estimate of drug-likeness (QED) is 0.838. The van der Waals surface area contributed by atoms with Crippen LogP contribution in [0.4, 0.5) is 11.4 Å². The first-order valence-electron chi connectivity index (χ1n) is 9.40. The first-order valence-corrected chi connectivity index (χ1v) is 9.40. The summed E-state index contributed by atoms with van der Waals surface area (Å²) in [7, 11) is 0. The summed E-state index contributed by atoms with van der Waals surface area (Å²) in [5.74, 6) is 0.297. The lowest BCUT2D eigenvalue weighted by Crippen LogP contribution is -2.28. The number of hydrogen-bond donors (Lipinski definition) is 1. The van der Waals surface area contributed by atoms with Gasteiger partial charge in [0.1, 0.15) is 5.75 Å². The number of amides is 2. The number of anilines is 2. The highest BCUT2D eigenvalue weighted by Gasteiger charge is 2.35. The van der Waals surface area contributed by atoms with E-state index >= 15 is 0 Å². The largest absolute Gasteiger partial charge is 0.494 e. The molecule has 0 spiro atoms. The number of hydrogen-bond acceptors (Lipinski definition) is 3. The summed E-state index contributed by atoms with van der Waals surface area (Å²) in [4.78, 5) is 26.8. The minimum absolute atomic E-state index is 0.0293. The molecule has 1 N–H and O–H groups in total. The van der Waals surface area contributed by atoms with Crippen molar-refractivity contribution < 1.29 is 14.3 Å². The molecule has 5 heteroatoms. The Hall–Kier alpha value is -2.82. The summed E-state index contributed by atoms with van der Waals surface area (Å²) in [6.07, 6.45) is 1.17. The highest BCUT2D eigenvalue weighted by molar-refractivity contribution is 6.03. The van der Waals surface area contributed by atoms with E-state index in [4.69, 9.17) is 4.74 Å². The van der Waals surface area contributed by atoms with Gasteiger partial charge in [-0.1, -0.05) is 19.1 Å². The van der Waals surface area contributed by atoms with Crippen LogP contribution in [0.3, 0.4) is 0 Å². The number of ether oxygens (including phenoxy) is 1. The number of carbonyl (C=O) groups is 2. The van der Waals surface area contributed by atoms with E-state index in [9.17, 15) is 9.59 Å². The van der Waals surface area contributed by atoms with Crippen LogP contribution in [-0.2, 0) is 9.59 Å². The molecule has 1 aliphatic rings. The van der Waals surface area contributed by atoms with Gasteiger partial charge in [-0.25, -0.2) is 0 Å². The molecule has 0 radical (unpaired) electrons. The lowest BCUT2D eigenvalue weighted by molar-refractivity contribution is -0.122. The SMILES string of the molecule is CCCOc1ccc(N2C[C@H](C(=O)Nc3cccc(C)c3C)CC2=O)cc1. The predicted octanol–water partition coefficient (Wildman–Crippen LogP) is 4.08. The number of benzene rings is 2. The Balaban J connectivity index is 1.66. The standard InChI is InChI=1S/C22H26N2O3/c1-4-12-27-19-10-8-18(9-11-19)24-14-17(13-21(24)25)22(26)23-20-7-5-6-15(2)16(20)3/h5-11,17H,4,12-14H2,1-3H3,(H,23,26)/t17-/m1/s1. The van der Waals surface area contributed by atoms with Gasteiger partial charge in [-0.15, -0.1) is 0 Å². The minimum Gasteiger partial charge on any atom is -0.494 e. The predicted molar refractivity (Wildman–Crippen MR) is 107 cm³/mol. The monoisotopic (exact) mass is 366 g/mol. The van der Waals surface area contributed by atoms with Crippen molar-refractivity contribution in [3.8, 4) is 5.75 Å². The van der Waals surface area contributed by atoms with Gasteiger partial charge in [-0.3, -0.25) is 9.59 Å². The first-order chi connectivity index (χ1) is 13.0. The van der Waals surface area contributed by atoms with Gasteiger partial charge in [0.2, 0.25) is 11.8 Å². The van der Waals surface area contributed by atoms with Crippen molar-refractivity contribution in [3.05, 3.63) is 53.6 Å². The second kappa shape index (κ2) is 8.25. The zero-order valence-corrected chi connectivity index (χ0v) is 16.1. The van der Waals surface area contributed by atoms with Gasteiger partial charge in [0, 0.05) is 24.3 Å². The third kappa shape index (κ3) is 4.30. The lowest BCUT2D eigenvalue weighted by atomic mass is 10.1. The van der Waals surface area contributed by atoms with Crippen LogP contribution >= 0.6 is 0 Å². The van der Waals surface area contributed by atoms with Crippen LogP contribution in [0.25, 0.3) is 0 Å². The Morgan fingerprint density at radius 2 is 1.93 bits per heavy atom. The summed E-state index contributed by atoms with van der Waals surface area (Å²) in [5, 5.41) is 2.98. The topological polar surface area (TPSA) is 58.6 Å². The fourth-order valence-corrected chi connectivity index (χ4v) is 3.20. The van der Waals surface area contributed by atoms with Crippen molar-refractivity contribution in [2.45, 2.75) is 33.6 Å². The molecule has 1 saturated heterocycles. The maximum atomic E-state index is 12.7. The number of nitrogens with zero attached hydrogens (tertiary/aromatic N) is 1. The molecule has 2 amide bonds. The fourth-order valence-electron chi connectivity index (χ4n) is 3.20. The normalized spacial score (nSPS) is 16.5. The third-order valence-corrected chi connectivity index (χ3v) is 4.98. The molecule has 0 bridgehead atoms. The maximum absolute atomic E-state index is 12.7. The number of aryl methyl sites for hydroxylation is 1. The lowest BCUT2D eigenvalue weighted by Gasteiger charge is -2.18. The van der Waals surface area contributed by atoms with Gasteiger partial charge in [-0.2, -0.15) is 0 Å². The van der Waals surface area contributed by atoms with Gasteiger partial charge >= 0.3 is 0 Å². The van der Waals surface area contributed by atoms with Crippen LogP contribution in [0.1, 0.15) is 30.9 Å². The fraction of sp³-hybridized carbons (Fsp3) is 0.364. The first kappa shape index (κ1) is 19.0. The van der Waals surface area contributed by atoms with E-state index in [1.165, 1.54) is 0 Å². The smallest absolute Gasteiger partial charge is 0.229 e. The van der Waals surface area contributed by atoms with Crippen LogP contribution in [0.2, 0.25) is 0 Å². The number of nitrogens with one attached hydrogen (secondary N) is 1. The molecule has 1 fully saturated rings. The summed E-state index contributed by atoms with van der Waals surface area (Å²) in [6.45, 7) is 7.12. The zero-order chi connectivity index (χ0) is 19.4. The molecule has 0 unspecified atom stereocenters.